The Morgan fingerprint density at radius 3 is 2.28 bits per heavy atom. The van der Waals surface area contributed by atoms with Crippen LogP contribution in [0, 0.1) is 6.92 Å². The highest BCUT2D eigenvalue weighted by Crippen LogP contribution is 2.24. The first-order chi connectivity index (χ1) is 15.4. The summed E-state index contributed by atoms with van der Waals surface area (Å²) < 4.78 is 10.2. The van der Waals surface area contributed by atoms with Gasteiger partial charge in [0.25, 0.3) is 11.8 Å². The maximum atomic E-state index is 12.4. The molecule has 0 aliphatic rings. The maximum absolute atomic E-state index is 12.4. The van der Waals surface area contributed by atoms with Crippen molar-refractivity contribution in [3.63, 3.8) is 0 Å². The lowest BCUT2D eigenvalue weighted by molar-refractivity contribution is -0.119. The number of phenolic OH excluding ortho intramolecular Hbond substituents is 1. The summed E-state index contributed by atoms with van der Waals surface area (Å²) in [4.78, 5) is 36.5. The molecule has 0 saturated heterocycles. The van der Waals surface area contributed by atoms with E-state index in [0.717, 1.165) is 0 Å². The summed E-state index contributed by atoms with van der Waals surface area (Å²) in [6, 6.07) is 17.7. The molecule has 32 heavy (non-hydrogen) atoms. The van der Waals surface area contributed by atoms with E-state index in [4.69, 9.17) is 9.47 Å². The minimum absolute atomic E-state index is 0.0289. The molecule has 0 spiro atoms. The number of benzene rings is 3. The summed E-state index contributed by atoms with van der Waals surface area (Å²) >= 11 is 0. The van der Waals surface area contributed by atoms with Crippen LogP contribution in [0.15, 0.2) is 66.7 Å². The molecule has 2 amide bonds. The summed E-state index contributed by atoms with van der Waals surface area (Å²) in [5, 5.41) is 15.0. The van der Waals surface area contributed by atoms with Gasteiger partial charge in [-0.15, -0.1) is 0 Å². The van der Waals surface area contributed by atoms with Crippen molar-refractivity contribution in [3.05, 3.63) is 83.4 Å². The van der Waals surface area contributed by atoms with Gasteiger partial charge in [-0.3, -0.25) is 9.59 Å². The van der Waals surface area contributed by atoms with E-state index in [9.17, 15) is 19.5 Å². The number of esters is 1. The molecule has 3 rings (SSSR count). The van der Waals surface area contributed by atoms with Gasteiger partial charge in [0.15, 0.2) is 6.61 Å². The molecule has 3 aromatic carbocycles. The third-order valence-electron chi connectivity index (χ3n) is 4.57. The van der Waals surface area contributed by atoms with Crippen LogP contribution < -0.4 is 15.4 Å². The van der Waals surface area contributed by atoms with Crippen LogP contribution in [0.1, 0.15) is 26.3 Å². The Kier molecular flexibility index (Phi) is 7.07. The summed E-state index contributed by atoms with van der Waals surface area (Å²) in [6.07, 6.45) is 0. The number of aromatic hydroxyl groups is 1. The number of hydrogen-bond acceptors (Lipinski definition) is 6. The predicted molar refractivity (Wildman–Crippen MR) is 119 cm³/mol. The molecule has 164 valence electrons. The van der Waals surface area contributed by atoms with Gasteiger partial charge in [0.05, 0.1) is 18.4 Å². The van der Waals surface area contributed by atoms with Gasteiger partial charge >= 0.3 is 5.97 Å². The number of ether oxygens (including phenoxy) is 2. The highest BCUT2D eigenvalue weighted by atomic mass is 16.5. The number of methoxy groups -OCH3 is 1. The molecule has 8 heteroatoms. The van der Waals surface area contributed by atoms with Crippen molar-refractivity contribution < 1.29 is 29.0 Å². The summed E-state index contributed by atoms with van der Waals surface area (Å²) in [7, 11) is 1.52. The number of carbonyl (C=O) groups excluding carboxylic acids is 3. The molecule has 0 fully saturated rings. The highest BCUT2D eigenvalue weighted by Gasteiger charge is 2.13. The first-order valence-electron chi connectivity index (χ1n) is 9.68. The lowest BCUT2D eigenvalue weighted by atomic mass is 10.1. The van der Waals surface area contributed by atoms with Crippen molar-refractivity contribution in [2.75, 3.05) is 24.4 Å². The molecule has 0 aliphatic carbocycles. The zero-order chi connectivity index (χ0) is 23.1. The van der Waals surface area contributed by atoms with Crippen molar-refractivity contribution in [1.29, 1.82) is 0 Å². The fourth-order valence-electron chi connectivity index (χ4n) is 2.80. The number of anilines is 2. The Bertz CT molecular complexity index is 1140. The first-order valence-corrected chi connectivity index (χ1v) is 9.68. The van der Waals surface area contributed by atoms with Crippen molar-refractivity contribution in [1.82, 2.24) is 0 Å². The zero-order valence-electron chi connectivity index (χ0n) is 17.5. The van der Waals surface area contributed by atoms with Crippen LogP contribution >= 0.6 is 0 Å². The van der Waals surface area contributed by atoms with E-state index in [1.165, 1.54) is 19.2 Å². The number of nitrogens with one attached hydrogen (secondary N) is 2. The minimum atomic E-state index is -0.723. The van der Waals surface area contributed by atoms with E-state index < -0.39 is 18.5 Å². The zero-order valence-corrected chi connectivity index (χ0v) is 17.5. The fraction of sp³-hybridized carbons (Fsp3) is 0.125. The van der Waals surface area contributed by atoms with E-state index in [1.807, 2.05) is 0 Å². The van der Waals surface area contributed by atoms with Crippen LogP contribution in [-0.2, 0) is 9.53 Å². The number of phenols is 1. The van der Waals surface area contributed by atoms with Crippen LogP contribution in [0.5, 0.6) is 11.5 Å². The lowest BCUT2D eigenvalue weighted by Crippen LogP contribution is -2.21. The molecule has 0 unspecified atom stereocenters. The van der Waals surface area contributed by atoms with Crippen molar-refractivity contribution in [3.8, 4) is 11.5 Å². The topological polar surface area (TPSA) is 114 Å². The average molecular weight is 434 g/mol. The Hall–Kier alpha value is -4.33. The normalized spacial score (nSPS) is 10.2. The van der Waals surface area contributed by atoms with Crippen molar-refractivity contribution in [2.45, 2.75) is 6.92 Å². The lowest BCUT2D eigenvalue weighted by Gasteiger charge is -2.10. The largest absolute Gasteiger partial charge is 0.508 e. The summed E-state index contributed by atoms with van der Waals surface area (Å²) in [5.74, 6) is -1.08. The third kappa shape index (κ3) is 5.63. The van der Waals surface area contributed by atoms with Crippen LogP contribution in [0.2, 0.25) is 0 Å². The van der Waals surface area contributed by atoms with Gasteiger partial charge in [-0.1, -0.05) is 18.2 Å². The van der Waals surface area contributed by atoms with E-state index >= 15 is 0 Å². The summed E-state index contributed by atoms with van der Waals surface area (Å²) in [5.41, 5.74) is 2.14. The highest BCUT2D eigenvalue weighted by molar-refractivity contribution is 6.05. The molecule has 0 atom stereocenters. The second-order valence-corrected chi connectivity index (χ2v) is 6.86. The number of carbonyl (C=O) groups is 3. The SMILES string of the molecule is COc1ccccc1NC(=O)c1ccc(NC(=O)COC(=O)c2ccc(C)c(O)c2)cc1. The van der Waals surface area contributed by atoms with Crippen molar-refractivity contribution >= 4 is 29.2 Å². The Morgan fingerprint density at radius 1 is 0.906 bits per heavy atom. The van der Waals surface area contributed by atoms with Gasteiger partial charge < -0.3 is 25.2 Å². The predicted octanol–water partition coefficient (Wildman–Crippen LogP) is 3.76. The minimum Gasteiger partial charge on any atom is -0.508 e. The van der Waals surface area contributed by atoms with Crippen molar-refractivity contribution in [2.24, 2.45) is 0 Å². The monoisotopic (exact) mass is 434 g/mol. The quantitative estimate of drug-likeness (QED) is 0.488. The van der Waals surface area contributed by atoms with Crippen LogP contribution in [0.3, 0.4) is 0 Å². The molecule has 3 aromatic rings. The van der Waals surface area contributed by atoms with Gasteiger partial charge in [0, 0.05) is 11.3 Å². The average Bonchev–Trinajstić information content (AvgIpc) is 2.80. The molecule has 0 aliphatic heterocycles. The second kappa shape index (κ2) is 10.1. The Morgan fingerprint density at radius 2 is 1.59 bits per heavy atom. The van der Waals surface area contributed by atoms with E-state index in [2.05, 4.69) is 10.6 Å². The molecule has 8 nitrogen and oxygen atoms in total. The fourth-order valence-corrected chi connectivity index (χ4v) is 2.80. The second-order valence-electron chi connectivity index (χ2n) is 6.86. The molecule has 0 aromatic heterocycles. The Labute approximate surface area is 184 Å². The number of para-hydroxylation sites is 2. The first kappa shape index (κ1) is 22.4. The molecule has 3 N–H and O–H groups in total. The number of amides is 2. The van der Waals surface area contributed by atoms with Gasteiger partial charge in [0.1, 0.15) is 11.5 Å². The van der Waals surface area contributed by atoms with E-state index in [-0.39, 0.29) is 17.2 Å². The van der Waals surface area contributed by atoms with Gasteiger partial charge in [-0.25, -0.2) is 4.79 Å². The molecule has 0 radical (unpaired) electrons. The number of rotatable bonds is 7. The standard InChI is InChI=1S/C24H22N2O6/c1-15-7-8-17(13-20(15)27)24(30)32-14-22(28)25-18-11-9-16(10-12-18)23(29)26-19-5-3-4-6-21(19)31-2/h3-13,27H,14H2,1-2H3,(H,25,28)(H,26,29). The van der Waals surface area contributed by atoms with Gasteiger partial charge in [-0.05, 0) is 61.0 Å². The van der Waals surface area contributed by atoms with E-state index in [0.29, 0.717) is 28.3 Å². The molecular formula is C24H22N2O6. The molecule has 0 heterocycles. The van der Waals surface area contributed by atoms with Crippen LogP contribution in [-0.4, -0.2) is 36.6 Å². The molecule has 0 bridgehead atoms. The van der Waals surface area contributed by atoms with Gasteiger partial charge in [0.2, 0.25) is 0 Å². The van der Waals surface area contributed by atoms with Crippen LogP contribution in [0.4, 0.5) is 11.4 Å². The number of aryl methyl sites for hydroxylation is 1. The van der Waals surface area contributed by atoms with E-state index in [1.54, 1.807) is 61.5 Å². The molecular weight excluding hydrogens is 412 g/mol. The van der Waals surface area contributed by atoms with Crippen LogP contribution in [0.25, 0.3) is 0 Å². The maximum Gasteiger partial charge on any atom is 0.338 e. The molecule has 0 saturated carbocycles. The van der Waals surface area contributed by atoms with Gasteiger partial charge in [-0.2, -0.15) is 0 Å². The number of hydrogen-bond donors (Lipinski definition) is 3. The summed E-state index contributed by atoms with van der Waals surface area (Å²) in [6.45, 7) is 1.20. The third-order valence-corrected chi connectivity index (χ3v) is 4.57. The Balaban J connectivity index is 1.53. The smallest absolute Gasteiger partial charge is 0.338 e.